The van der Waals surface area contributed by atoms with Crippen molar-refractivity contribution in [3.05, 3.63) is 0 Å². The van der Waals surface area contributed by atoms with Gasteiger partial charge in [0.15, 0.2) is 0 Å². The zero-order valence-corrected chi connectivity index (χ0v) is 11.6. The first kappa shape index (κ1) is 13.9. The largest absolute Gasteiger partial charge is 0.390 e. The second-order valence-electron chi connectivity index (χ2n) is 3.83. The number of hydrogen-bond donors (Lipinski definition) is 3. The van der Waals surface area contributed by atoms with Crippen molar-refractivity contribution >= 4 is 31.9 Å². The number of hydrogen-bond acceptors (Lipinski definition) is 4. The lowest BCUT2D eigenvalue weighted by atomic mass is 9.94. The fraction of sp³-hybridized carbons (Fsp3) is 1.00. The molecule has 1 aliphatic heterocycles. The number of ether oxygens (including phenoxy) is 1. The predicted octanol–water partition coefficient (Wildman–Crippen LogP) is 1.10. The van der Waals surface area contributed by atoms with Crippen molar-refractivity contribution in [2.45, 2.75) is 54.0 Å². The summed E-state index contributed by atoms with van der Waals surface area (Å²) >= 11 is 6.22. The van der Waals surface area contributed by atoms with Crippen molar-refractivity contribution in [3.63, 3.8) is 0 Å². The number of rotatable bonds is 3. The summed E-state index contributed by atoms with van der Waals surface area (Å²) < 4.78 is 4.79. The normalized spacial score (nSPS) is 42.2. The molecular formula is C9H16Br2O4. The molecule has 0 aliphatic carbocycles. The fourth-order valence-electron chi connectivity index (χ4n) is 1.74. The van der Waals surface area contributed by atoms with Gasteiger partial charge in [0.25, 0.3) is 0 Å². The Labute approximate surface area is 106 Å². The topological polar surface area (TPSA) is 69.9 Å². The summed E-state index contributed by atoms with van der Waals surface area (Å²) in [6.45, 7) is 2.00. The molecule has 1 aliphatic rings. The van der Waals surface area contributed by atoms with Crippen LogP contribution in [0, 0.1) is 0 Å². The van der Waals surface area contributed by atoms with Gasteiger partial charge in [0.05, 0.1) is 12.2 Å². The average Bonchev–Trinajstić information content (AvgIpc) is 2.14. The lowest BCUT2D eigenvalue weighted by molar-refractivity contribution is -0.312. The highest BCUT2D eigenvalue weighted by atomic mass is 79.9. The van der Waals surface area contributed by atoms with Crippen LogP contribution in [-0.2, 0) is 4.74 Å². The van der Waals surface area contributed by atoms with Crippen molar-refractivity contribution in [1.82, 2.24) is 0 Å². The zero-order chi connectivity index (χ0) is 11.6. The van der Waals surface area contributed by atoms with Crippen LogP contribution < -0.4 is 0 Å². The van der Waals surface area contributed by atoms with Crippen LogP contribution in [0.3, 0.4) is 0 Å². The molecule has 4 atom stereocenters. The first-order chi connectivity index (χ1) is 6.91. The van der Waals surface area contributed by atoms with Crippen molar-refractivity contribution in [2.75, 3.05) is 0 Å². The van der Waals surface area contributed by atoms with Crippen molar-refractivity contribution < 1.29 is 20.1 Å². The van der Waals surface area contributed by atoms with E-state index in [0.29, 0.717) is 6.42 Å². The molecule has 15 heavy (non-hydrogen) atoms. The minimum atomic E-state index is -1.78. The highest BCUT2D eigenvalue weighted by Crippen LogP contribution is 2.37. The van der Waals surface area contributed by atoms with E-state index in [1.54, 1.807) is 0 Å². The molecular weight excluding hydrogens is 332 g/mol. The summed E-state index contributed by atoms with van der Waals surface area (Å²) in [5.41, 5.74) is 0. The predicted molar refractivity (Wildman–Crippen MR) is 63.0 cm³/mol. The highest BCUT2D eigenvalue weighted by Gasteiger charge is 2.51. The SMILES string of the molecule is CCCC1CC(O)C(O)C(O)(C(Br)Br)O1. The molecule has 90 valence electrons. The molecule has 1 fully saturated rings. The van der Waals surface area contributed by atoms with E-state index in [-0.39, 0.29) is 6.10 Å². The Balaban J connectivity index is 2.76. The molecule has 0 spiro atoms. The maximum atomic E-state index is 10.1. The van der Waals surface area contributed by atoms with Gasteiger partial charge in [-0.2, -0.15) is 0 Å². The summed E-state index contributed by atoms with van der Waals surface area (Å²) in [6, 6.07) is 0. The Hall–Kier alpha value is 0.800. The molecule has 0 bridgehead atoms. The summed E-state index contributed by atoms with van der Waals surface area (Å²) in [5, 5.41) is 29.4. The molecule has 4 unspecified atom stereocenters. The van der Waals surface area contributed by atoms with Gasteiger partial charge in [-0.1, -0.05) is 45.2 Å². The van der Waals surface area contributed by atoms with Gasteiger partial charge in [-0.15, -0.1) is 0 Å². The first-order valence-electron chi connectivity index (χ1n) is 4.96. The van der Waals surface area contributed by atoms with Crippen LogP contribution in [0.25, 0.3) is 0 Å². The van der Waals surface area contributed by atoms with Gasteiger partial charge in [0.2, 0.25) is 5.79 Å². The van der Waals surface area contributed by atoms with Crippen LogP contribution in [0.2, 0.25) is 0 Å². The summed E-state index contributed by atoms with van der Waals surface area (Å²) in [5.74, 6) is -1.78. The third-order valence-electron chi connectivity index (χ3n) is 2.57. The van der Waals surface area contributed by atoms with E-state index in [4.69, 9.17) is 4.74 Å². The molecule has 0 radical (unpaired) electrons. The Morgan fingerprint density at radius 3 is 2.53 bits per heavy atom. The van der Waals surface area contributed by atoms with E-state index in [9.17, 15) is 15.3 Å². The van der Waals surface area contributed by atoms with Gasteiger partial charge in [0.1, 0.15) is 9.84 Å². The molecule has 1 saturated heterocycles. The quantitative estimate of drug-likeness (QED) is 0.669. The molecule has 0 aromatic carbocycles. The van der Waals surface area contributed by atoms with Crippen LogP contribution in [0.1, 0.15) is 26.2 Å². The van der Waals surface area contributed by atoms with Gasteiger partial charge >= 0.3 is 0 Å². The Morgan fingerprint density at radius 1 is 1.47 bits per heavy atom. The monoisotopic (exact) mass is 346 g/mol. The number of halogens is 2. The zero-order valence-electron chi connectivity index (χ0n) is 8.44. The molecule has 3 N–H and O–H groups in total. The van der Waals surface area contributed by atoms with Gasteiger partial charge in [0, 0.05) is 6.42 Å². The lowest BCUT2D eigenvalue weighted by Crippen LogP contribution is -2.61. The van der Waals surface area contributed by atoms with Crippen LogP contribution in [0.15, 0.2) is 0 Å². The molecule has 1 heterocycles. The molecule has 0 amide bonds. The fourth-order valence-corrected chi connectivity index (χ4v) is 2.50. The Kier molecular flexibility index (Phi) is 5.01. The molecule has 1 rings (SSSR count). The van der Waals surface area contributed by atoms with Gasteiger partial charge < -0.3 is 20.1 Å². The Bertz CT molecular complexity index is 214. The van der Waals surface area contributed by atoms with E-state index < -0.39 is 21.7 Å². The van der Waals surface area contributed by atoms with Crippen LogP contribution >= 0.6 is 31.9 Å². The van der Waals surface area contributed by atoms with Crippen LogP contribution in [-0.4, -0.2) is 43.2 Å². The summed E-state index contributed by atoms with van der Waals surface area (Å²) in [4.78, 5) is 0. The van der Waals surface area contributed by atoms with E-state index in [1.165, 1.54) is 0 Å². The highest BCUT2D eigenvalue weighted by molar-refractivity contribution is 9.24. The molecule has 0 aromatic heterocycles. The number of alkyl halides is 2. The van der Waals surface area contributed by atoms with Gasteiger partial charge in [-0.25, -0.2) is 0 Å². The molecule has 4 nitrogen and oxygen atoms in total. The van der Waals surface area contributed by atoms with Gasteiger partial charge in [-0.05, 0) is 6.42 Å². The standard InChI is InChI=1S/C9H16Br2O4/c1-2-3-5-4-6(12)7(13)9(14,15-5)8(10)11/h5-8,12-14H,2-4H2,1H3. The molecule has 6 heteroatoms. The number of aliphatic hydroxyl groups is 3. The molecule has 0 saturated carbocycles. The second kappa shape index (κ2) is 5.42. The minimum Gasteiger partial charge on any atom is -0.390 e. The summed E-state index contributed by atoms with van der Waals surface area (Å²) in [7, 11) is 0. The van der Waals surface area contributed by atoms with E-state index >= 15 is 0 Å². The maximum Gasteiger partial charge on any atom is 0.217 e. The Morgan fingerprint density at radius 2 is 2.07 bits per heavy atom. The summed E-state index contributed by atoms with van der Waals surface area (Å²) in [6.07, 6.45) is -0.495. The van der Waals surface area contributed by atoms with E-state index in [0.717, 1.165) is 12.8 Å². The third kappa shape index (κ3) is 2.92. The lowest BCUT2D eigenvalue weighted by Gasteiger charge is -2.44. The average molecular weight is 348 g/mol. The van der Waals surface area contributed by atoms with Crippen molar-refractivity contribution in [3.8, 4) is 0 Å². The van der Waals surface area contributed by atoms with E-state index in [1.807, 2.05) is 6.92 Å². The van der Waals surface area contributed by atoms with Crippen LogP contribution in [0.5, 0.6) is 0 Å². The van der Waals surface area contributed by atoms with Crippen molar-refractivity contribution in [1.29, 1.82) is 0 Å². The smallest absolute Gasteiger partial charge is 0.217 e. The molecule has 0 aromatic rings. The maximum absolute atomic E-state index is 10.1. The second-order valence-corrected chi connectivity index (χ2v) is 6.89. The van der Waals surface area contributed by atoms with Crippen LogP contribution in [0.4, 0.5) is 0 Å². The van der Waals surface area contributed by atoms with Gasteiger partial charge in [-0.3, -0.25) is 0 Å². The van der Waals surface area contributed by atoms with E-state index in [2.05, 4.69) is 31.9 Å². The number of aliphatic hydroxyl groups excluding tert-OH is 2. The minimum absolute atomic E-state index is 0.226. The first-order valence-corrected chi connectivity index (χ1v) is 6.79. The van der Waals surface area contributed by atoms with Crippen molar-refractivity contribution in [2.24, 2.45) is 0 Å². The third-order valence-corrected chi connectivity index (χ3v) is 3.88.